The summed E-state index contributed by atoms with van der Waals surface area (Å²) < 4.78 is 26.4. The van der Waals surface area contributed by atoms with E-state index in [1.807, 2.05) is 26.8 Å². The molecule has 0 saturated carbocycles. The number of hydrogen-bond donors (Lipinski definition) is 2. The number of nitrogens with zero attached hydrogens (tertiary/aromatic N) is 2. The second-order valence-corrected chi connectivity index (χ2v) is 6.63. The van der Waals surface area contributed by atoms with Crippen LogP contribution in [0.25, 0.3) is 0 Å². The van der Waals surface area contributed by atoms with Gasteiger partial charge in [-0.2, -0.15) is 8.78 Å². The summed E-state index contributed by atoms with van der Waals surface area (Å²) in [5, 5.41) is 5.43. The van der Waals surface area contributed by atoms with Crippen molar-refractivity contribution in [2.24, 2.45) is 5.92 Å². The zero-order valence-electron chi connectivity index (χ0n) is 15.6. The number of nitrogens with one attached hydrogen (secondary N) is 2. The molecule has 27 heavy (non-hydrogen) atoms. The quantitative estimate of drug-likeness (QED) is 0.742. The Kier molecular flexibility index (Phi) is 7.04. The Morgan fingerprint density at radius 3 is 2.63 bits per heavy atom. The van der Waals surface area contributed by atoms with Crippen LogP contribution in [0, 0.1) is 12.8 Å². The molecule has 0 fully saturated rings. The Bertz CT molecular complexity index is 790. The summed E-state index contributed by atoms with van der Waals surface area (Å²) in [6.45, 7) is 3.00. The summed E-state index contributed by atoms with van der Waals surface area (Å²) in [6, 6.07) is 6.36. The molecular weight excluding hydrogens is 354 g/mol. The Labute approximate surface area is 157 Å². The standard InChI is InChI=1S/C19H24F2N4O2/c1-12(2)16(24-17(26)14-6-4-5-13(3)11-14)18(27)23-8-7-15-22-9-10-25(15)19(20)21/h4-6,9-12,16,19H,7-8H2,1-3H3,(H,23,27)(H,24,26). The van der Waals surface area contributed by atoms with Crippen LogP contribution in [-0.2, 0) is 11.2 Å². The molecule has 0 aliphatic rings. The van der Waals surface area contributed by atoms with Crippen LogP contribution in [-0.4, -0.2) is 34.0 Å². The van der Waals surface area contributed by atoms with E-state index in [4.69, 9.17) is 0 Å². The summed E-state index contributed by atoms with van der Waals surface area (Å²) in [4.78, 5) is 28.7. The Morgan fingerprint density at radius 1 is 1.26 bits per heavy atom. The van der Waals surface area contributed by atoms with Crippen LogP contribution in [0.3, 0.4) is 0 Å². The van der Waals surface area contributed by atoms with Crippen LogP contribution >= 0.6 is 0 Å². The zero-order chi connectivity index (χ0) is 20.0. The molecule has 0 bridgehead atoms. The lowest BCUT2D eigenvalue weighted by Gasteiger charge is -2.22. The highest BCUT2D eigenvalue weighted by atomic mass is 19.3. The number of imidazole rings is 1. The second kappa shape index (κ2) is 9.25. The molecule has 0 spiro atoms. The van der Waals surface area contributed by atoms with Gasteiger partial charge in [0, 0.05) is 30.9 Å². The predicted molar refractivity (Wildman–Crippen MR) is 97.5 cm³/mol. The second-order valence-electron chi connectivity index (χ2n) is 6.63. The average Bonchev–Trinajstić information content (AvgIpc) is 3.07. The molecule has 1 unspecified atom stereocenters. The topological polar surface area (TPSA) is 76.0 Å². The molecule has 2 amide bonds. The first-order valence-electron chi connectivity index (χ1n) is 8.74. The molecule has 1 aromatic carbocycles. The number of benzene rings is 1. The lowest BCUT2D eigenvalue weighted by molar-refractivity contribution is -0.123. The largest absolute Gasteiger partial charge is 0.354 e. The van der Waals surface area contributed by atoms with Crippen molar-refractivity contribution in [2.45, 2.75) is 39.8 Å². The first-order valence-corrected chi connectivity index (χ1v) is 8.74. The maximum absolute atomic E-state index is 12.8. The number of amides is 2. The van der Waals surface area contributed by atoms with E-state index in [9.17, 15) is 18.4 Å². The number of carbonyl (C=O) groups excluding carboxylic acids is 2. The smallest absolute Gasteiger partial charge is 0.319 e. The predicted octanol–water partition coefficient (Wildman–Crippen LogP) is 2.70. The highest BCUT2D eigenvalue weighted by Crippen LogP contribution is 2.12. The van der Waals surface area contributed by atoms with Gasteiger partial charge in [-0.05, 0) is 25.0 Å². The summed E-state index contributed by atoms with van der Waals surface area (Å²) in [5.41, 5.74) is 1.43. The number of alkyl halides is 2. The maximum Gasteiger partial charge on any atom is 0.319 e. The molecule has 2 N–H and O–H groups in total. The Hall–Kier alpha value is -2.77. The van der Waals surface area contributed by atoms with E-state index in [1.54, 1.807) is 18.2 Å². The number of carbonyl (C=O) groups is 2. The first-order chi connectivity index (χ1) is 12.8. The molecule has 0 aliphatic carbocycles. The van der Waals surface area contributed by atoms with Gasteiger partial charge in [-0.25, -0.2) is 4.98 Å². The highest BCUT2D eigenvalue weighted by molar-refractivity contribution is 5.97. The van der Waals surface area contributed by atoms with Gasteiger partial charge in [-0.1, -0.05) is 31.5 Å². The summed E-state index contributed by atoms with van der Waals surface area (Å²) >= 11 is 0. The summed E-state index contributed by atoms with van der Waals surface area (Å²) in [6.07, 6.45) is 2.66. The van der Waals surface area contributed by atoms with Crippen LogP contribution in [0.2, 0.25) is 0 Å². The van der Waals surface area contributed by atoms with Crippen molar-refractivity contribution in [2.75, 3.05) is 6.54 Å². The minimum atomic E-state index is -2.67. The van der Waals surface area contributed by atoms with Crippen molar-refractivity contribution in [3.8, 4) is 0 Å². The van der Waals surface area contributed by atoms with Gasteiger partial charge in [0.15, 0.2) is 0 Å². The molecule has 2 aromatic rings. The van der Waals surface area contributed by atoms with Crippen LogP contribution in [0.4, 0.5) is 8.78 Å². The van der Waals surface area contributed by atoms with Crippen molar-refractivity contribution in [1.29, 1.82) is 0 Å². The molecule has 1 aromatic heterocycles. The molecule has 0 saturated heterocycles. The average molecular weight is 378 g/mol. The number of rotatable bonds is 8. The van der Waals surface area contributed by atoms with Crippen LogP contribution in [0.15, 0.2) is 36.7 Å². The minimum absolute atomic E-state index is 0.137. The van der Waals surface area contributed by atoms with E-state index >= 15 is 0 Å². The van der Waals surface area contributed by atoms with E-state index in [-0.39, 0.29) is 36.5 Å². The third-order valence-electron chi connectivity index (χ3n) is 4.12. The van der Waals surface area contributed by atoms with Gasteiger partial charge in [-0.3, -0.25) is 14.2 Å². The number of aromatic nitrogens is 2. The molecule has 6 nitrogen and oxygen atoms in total. The molecule has 146 valence electrons. The van der Waals surface area contributed by atoms with Gasteiger partial charge in [0.1, 0.15) is 11.9 Å². The van der Waals surface area contributed by atoms with Crippen LogP contribution in [0.5, 0.6) is 0 Å². The molecule has 1 atom stereocenters. The van der Waals surface area contributed by atoms with Crippen LogP contribution in [0.1, 0.15) is 42.1 Å². The van der Waals surface area contributed by atoms with E-state index in [1.165, 1.54) is 12.4 Å². The van der Waals surface area contributed by atoms with Gasteiger partial charge >= 0.3 is 6.55 Å². The first kappa shape index (κ1) is 20.5. The monoisotopic (exact) mass is 378 g/mol. The summed E-state index contributed by atoms with van der Waals surface area (Å²) in [7, 11) is 0. The fourth-order valence-corrected chi connectivity index (χ4v) is 2.67. The van der Waals surface area contributed by atoms with Gasteiger partial charge < -0.3 is 10.6 Å². The molecule has 8 heteroatoms. The van der Waals surface area contributed by atoms with Gasteiger partial charge in [0.05, 0.1) is 0 Å². The summed E-state index contributed by atoms with van der Waals surface area (Å²) in [5.74, 6) is -0.640. The van der Waals surface area contributed by atoms with E-state index < -0.39 is 12.6 Å². The van der Waals surface area contributed by atoms with E-state index in [0.717, 1.165) is 10.1 Å². The highest BCUT2D eigenvalue weighted by Gasteiger charge is 2.24. The zero-order valence-corrected chi connectivity index (χ0v) is 15.6. The molecule has 0 radical (unpaired) electrons. The Morgan fingerprint density at radius 2 is 2.00 bits per heavy atom. The third-order valence-corrected chi connectivity index (χ3v) is 4.12. The Balaban J connectivity index is 1.94. The van der Waals surface area contributed by atoms with Gasteiger partial charge in [-0.15, -0.1) is 0 Å². The maximum atomic E-state index is 12.8. The molecule has 2 rings (SSSR count). The molecule has 0 aliphatic heterocycles. The van der Waals surface area contributed by atoms with Crippen molar-refractivity contribution in [1.82, 2.24) is 20.2 Å². The van der Waals surface area contributed by atoms with Gasteiger partial charge in [0.2, 0.25) is 5.91 Å². The fraction of sp³-hybridized carbons (Fsp3) is 0.421. The van der Waals surface area contributed by atoms with Crippen molar-refractivity contribution in [3.05, 3.63) is 53.6 Å². The van der Waals surface area contributed by atoms with Crippen molar-refractivity contribution < 1.29 is 18.4 Å². The number of hydrogen-bond acceptors (Lipinski definition) is 3. The lowest BCUT2D eigenvalue weighted by Crippen LogP contribution is -2.50. The lowest BCUT2D eigenvalue weighted by atomic mass is 10.0. The van der Waals surface area contributed by atoms with Crippen molar-refractivity contribution in [3.63, 3.8) is 0 Å². The van der Waals surface area contributed by atoms with E-state index in [2.05, 4.69) is 15.6 Å². The van der Waals surface area contributed by atoms with E-state index in [0.29, 0.717) is 5.56 Å². The van der Waals surface area contributed by atoms with Crippen molar-refractivity contribution >= 4 is 11.8 Å². The van der Waals surface area contributed by atoms with Gasteiger partial charge in [0.25, 0.3) is 5.91 Å². The number of aryl methyl sites for hydroxylation is 1. The fourth-order valence-electron chi connectivity index (χ4n) is 2.67. The molecule has 1 heterocycles. The van der Waals surface area contributed by atoms with Crippen LogP contribution < -0.4 is 10.6 Å². The third kappa shape index (κ3) is 5.60. The normalized spacial score (nSPS) is 12.3. The minimum Gasteiger partial charge on any atom is -0.354 e. The molecular formula is C19H24F2N4O2. The number of halogens is 2. The SMILES string of the molecule is Cc1cccc(C(=O)NC(C(=O)NCCc2nccn2C(F)F)C(C)C)c1.